The van der Waals surface area contributed by atoms with Crippen molar-refractivity contribution in [2.75, 3.05) is 0 Å². The van der Waals surface area contributed by atoms with Gasteiger partial charge in [0, 0.05) is 35.3 Å². The molecule has 0 saturated heterocycles. The number of allylic oxidation sites excluding steroid dienone is 2. The molecule has 8 heteroatoms. The van der Waals surface area contributed by atoms with Gasteiger partial charge in [0.2, 0.25) is 0 Å². The molecule has 136 valence electrons. The molecule has 0 saturated carbocycles. The summed E-state index contributed by atoms with van der Waals surface area (Å²) in [7, 11) is 0. The van der Waals surface area contributed by atoms with Crippen molar-refractivity contribution < 1.29 is 14.0 Å². The van der Waals surface area contributed by atoms with Crippen molar-refractivity contribution in [3.63, 3.8) is 0 Å². The summed E-state index contributed by atoms with van der Waals surface area (Å²) in [5.41, 5.74) is 6.62. The third-order valence-corrected chi connectivity index (χ3v) is 3.75. The first-order valence-corrected chi connectivity index (χ1v) is 7.88. The lowest BCUT2D eigenvalue weighted by atomic mass is 10.1. The zero-order valence-electron chi connectivity index (χ0n) is 14.0. The Hall–Kier alpha value is -3.73. The van der Waals surface area contributed by atoms with Gasteiger partial charge in [0.1, 0.15) is 11.6 Å². The average molecular weight is 368 g/mol. The van der Waals surface area contributed by atoms with Crippen molar-refractivity contribution in [2.24, 2.45) is 10.9 Å². The minimum Gasteiger partial charge on any atom is -0.409 e. The number of amidine groups is 1. The van der Waals surface area contributed by atoms with Crippen LogP contribution in [0.4, 0.5) is 8.78 Å². The van der Waals surface area contributed by atoms with Crippen molar-refractivity contribution in [3.8, 4) is 23.1 Å². The van der Waals surface area contributed by atoms with E-state index in [0.29, 0.717) is 17.6 Å². The van der Waals surface area contributed by atoms with Crippen LogP contribution in [0.2, 0.25) is 0 Å². The second kappa shape index (κ2) is 7.66. The van der Waals surface area contributed by atoms with Gasteiger partial charge in [-0.15, -0.1) is 0 Å². The third kappa shape index (κ3) is 4.27. The van der Waals surface area contributed by atoms with Gasteiger partial charge in [0.15, 0.2) is 5.84 Å². The highest BCUT2D eigenvalue weighted by Gasteiger charge is 2.10. The number of benzene rings is 1. The topological polar surface area (TPSA) is 93.5 Å². The highest BCUT2D eigenvalue weighted by molar-refractivity contribution is 5.99. The summed E-state index contributed by atoms with van der Waals surface area (Å²) < 4.78 is 28.0. The Morgan fingerprint density at radius 3 is 2.74 bits per heavy atom. The van der Waals surface area contributed by atoms with Crippen molar-refractivity contribution in [3.05, 3.63) is 75.6 Å². The lowest BCUT2D eigenvalue weighted by Crippen LogP contribution is -2.23. The van der Waals surface area contributed by atoms with Crippen LogP contribution in [0, 0.1) is 23.5 Å². The van der Waals surface area contributed by atoms with Crippen LogP contribution in [0.25, 0.3) is 11.3 Å². The smallest absolute Gasteiger partial charge is 0.267 e. The molecule has 1 aromatic heterocycles. The maximum Gasteiger partial charge on any atom is 0.267 e. The molecule has 0 unspecified atom stereocenters. The molecule has 1 aliphatic carbocycles. The van der Waals surface area contributed by atoms with E-state index in [1.54, 1.807) is 12.2 Å². The molecule has 6 nitrogen and oxygen atoms in total. The van der Waals surface area contributed by atoms with Gasteiger partial charge in [-0.3, -0.25) is 4.79 Å². The molecule has 1 aromatic carbocycles. The molecule has 3 rings (SSSR count). The summed E-state index contributed by atoms with van der Waals surface area (Å²) in [5, 5.41) is 16.0. The summed E-state index contributed by atoms with van der Waals surface area (Å²) >= 11 is 0. The Kier molecular flexibility index (Phi) is 5.13. The Bertz CT molecular complexity index is 1080. The molecule has 0 atom stereocenters. The molecule has 0 amide bonds. The SMILES string of the molecule is N/C(=N\O)C1=CCC#CC(Cn2nc(-c3cc(F)cc(F)c3)ccc2=O)=C1. The summed E-state index contributed by atoms with van der Waals surface area (Å²) in [6.45, 7) is 0.0213. The average Bonchev–Trinajstić information content (AvgIpc) is 2.87. The second-order valence-corrected chi connectivity index (χ2v) is 5.69. The lowest BCUT2D eigenvalue weighted by molar-refractivity contribution is 0.318. The molecule has 0 fully saturated rings. The van der Waals surface area contributed by atoms with Crippen LogP contribution in [0.5, 0.6) is 0 Å². The molecule has 0 radical (unpaired) electrons. The van der Waals surface area contributed by atoms with Crippen LogP contribution in [0.3, 0.4) is 0 Å². The zero-order chi connectivity index (χ0) is 19.4. The fourth-order valence-corrected chi connectivity index (χ4v) is 2.51. The lowest BCUT2D eigenvalue weighted by Gasteiger charge is -2.08. The maximum atomic E-state index is 13.5. The Morgan fingerprint density at radius 2 is 2.04 bits per heavy atom. The quantitative estimate of drug-likeness (QED) is 0.284. The van der Waals surface area contributed by atoms with E-state index in [2.05, 4.69) is 22.1 Å². The monoisotopic (exact) mass is 368 g/mol. The molecular formula is C19H14F2N4O2. The number of nitrogens with two attached hydrogens (primary N) is 1. The molecule has 3 N–H and O–H groups in total. The van der Waals surface area contributed by atoms with Gasteiger partial charge in [0.25, 0.3) is 5.56 Å². The van der Waals surface area contributed by atoms with Crippen LogP contribution in [-0.2, 0) is 6.54 Å². The molecule has 0 aliphatic heterocycles. The Morgan fingerprint density at radius 1 is 1.30 bits per heavy atom. The summed E-state index contributed by atoms with van der Waals surface area (Å²) in [5.74, 6) is 4.21. The predicted octanol–water partition coefficient (Wildman–Crippen LogP) is 2.19. The first kappa shape index (κ1) is 18.1. The zero-order valence-corrected chi connectivity index (χ0v) is 14.0. The number of hydrogen-bond acceptors (Lipinski definition) is 4. The van der Waals surface area contributed by atoms with Gasteiger partial charge in [-0.25, -0.2) is 13.5 Å². The molecule has 2 aromatic rings. The van der Waals surface area contributed by atoms with Crippen molar-refractivity contribution in [1.29, 1.82) is 0 Å². The minimum absolute atomic E-state index is 0.0213. The summed E-state index contributed by atoms with van der Waals surface area (Å²) in [4.78, 5) is 12.1. The molecule has 0 bridgehead atoms. The van der Waals surface area contributed by atoms with E-state index in [-0.39, 0.29) is 23.6 Å². The van der Waals surface area contributed by atoms with Crippen LogP contribution in [-0.4, -0.2) is 20.8 Å². The van der Waals surface area contributed by atoms with E-state index >= 15 is 0 Å². The maximum absolute atomic E-state index is 13.5. The van der Waals surface area contributed by atoms with Crippen molar-refractivity contribution >= 4 is 5.84 Å². The highest BCUT2D eigenvalue weighted by Crippen LogP contribution is 2.19. The van der Waals surface area contributed by atoms with Crippen molar-refractivity contribution in [1.82, 2.24) is 9.78 Å². The van der Waals surface area contributed by atoms with Gasteiger partial charge < -0.3 is 10.9 Å². The second-order valence-electron chi connectivity index (χ2n) is 5.69. The number of hydrogen-bond donors (Lipinski definition) is 2. The molecule has 27 heavy (non-hydrogen) atoms. The normalized spacial score (nSPS) is 13.9. The molecular weight excluding hydrogens is 354 g/mol. The molecule has 0 spiro atoms. The first-order valence-electron chi connectivity index (χ1n) is 7.88. The van der Waals surface area contributed by atoms with Crippen LogP contribution >= 0.6 is 0 Å². The van der Waals surface area contributed by atoms with E-state index in [4.69, 9.17) is 10.9 Å². The standard InChI is InChI=1S/C19H14F2N4O2/c20-15-8-14(9-16(21)10-15)17-5-6-18(26)25(23-17)11-12-3-1-2-4-13(7-12)19(22)24-27/h4-10,27H,2,11H2,(H2,22,24). The van der Waals surface area contributed by atoms with Crippen LogP contribution in [0.1, 0.15) is 6.42 Å². The summed E-state index contributed by atoms with van der Waals surface area (Å²) in [6, 6.07) is 5.67. The number of rotatable bonds is 4. The fourth-order valence-electron chi connectivity index (χ4n) is 2.51. The van der Waals surface area contributed by atoms with E-state index < -0.39 is 17.2 Å². The highest BCUT2D eigenvalue weighted by atomic mass is 19.1. The summed E-state index contributed by atoms with van der Waals surface area (Å²) in [6.07, 6.45) is 3.69. The van der Waals surface area contributed by atoms with Gasteiger partial charge in [-0.1, -0.05) is 23.1 Å². The molecule has 1 heterocycles. The largest absolute Gasteiger partial charge is 0.409 e. The van der Waals surface area contributed by atoms with E-state index in [1.807, 2.05) is 0 Å². The van der Waals surface area contributed by atoms with Gasteiger partial charge >= 0.3 is 0 Å². The van der Waals surface area contributed by atoms with Gasteiger partial charge in [-0.2, -0.15) is 5.10 Å². The number of nitrogens with zero attached hydrogens (tertiary/aromatic N) is 3. The van der Waals surface area contributed by atoms with Crippen LogP contribution < -0.4 is 11.3 Å². The fraction of sp³-hybridized carbons (Fsp3) is 0.105. The Balaban J connectivity index is 1.97. The van der Waals surface area contributed by atoms with Crippen molar-refractivity contribution in [2.45, 2.75) is 13.0 Å². The minimum atomic E-state index is -0.740. The molecule has 1 aliphatic rings. The predicted molar refractivity (Wildman–Crippen MR) is 95.8 cm³/mol. The van der Waals surface area contributed by atoms with E-state index in [9.17, 15) is 13.6 Å². The van der Waals surface area contributed by atoms with Gasteiger partial charge in [0.05, 0.1) is 12.2 Å². The first-order chi connectivity index (χ1) is 13.0. The van der Waals surface area contributed by atoms with Crippen LogP contribution in [0.15, 0.2) is 63.6 Å². The third-order valence-electron chi connectivity index (χ3n) is 3.75. The Labute approximate surface area is 152 Å². The van der Waals surface area contributed by atoms with Gasteiger partial charge in [-0.05, 0) is 24.3 Å². The number of halogens is 2. The van der Waals surface area contributed by atoms with E-state index in [0.717, 1.165) is 22.9 Å². The van der Waals surface area contributed by atoms with E-state index in [1.165, 1.54) is 12.1 Å². The number of oxime groups is 1. The number of aromatic nitrogens is 2.